The predicted octanol–water partition coefficient (Wildman–Crippen LogP) is 2.97. The highest BCUT2D eigenvalue weighted by atomic mass is 32.1. The van der Waals surface area contributed by atoms with Gasteiger partial charge in [-0.25, -0.2) is 0 Å². The summed E-state index contributed by atoms with van der Waals surface area (Å²) in [6, 6.07) is 2.69. The van der Waals surface area contributed by atoms with Crippen molar-refractivity contribution >= 4 is 11.3 Å². The Morgan fingerprint density at radius 3 is 3.20 bits per heavy atom. The lowest BCUT2D eigenvalue weighted by molar-refractivity contribution is 0.0948. The topological polar surface area (TPSA) is 21.3 Å². The number of nitrogens with one attached hydrogen (secondary N) is 1. The maximum Gasteiger partial charge on any atom is 0.0594 e. The molecule has 2 rings (SSSR count). The lowest BCUT2D eigenvalue weighted by Crippen LogP contribution is -2.24. The molecule has 3 heteroatoms. The lowest BCUT2D eigenvalue weighted by Gasteiger charge is -2.20. The molecule has 15 heavy (non-hydrogen) atoms. The minimum absolute atomic E-state index is 0.467. The van der Waals surface area contributed by atoms with Crippen LogP contribution in [0.25, 0.3) is 0 Å². The van der Waals surface area contributed by atoms with E-state index in [-0.39, 0.29) is 0 Å². The maximum absolute atomic E-state index is 5.69. The van der Waals surface area contributed by atoms with Crippen LogP contribution in [0, 0.1) is 0 Å². The third-order valence-corrected chi connectivity index (χ3v) is 3.62. The summed E-state index contributed by atoms with van der Waals surface area (Å²) in [5.41, 5.74) is 1.41. The van der Waals surface area contributed by atoms with Crippen molar-refractivity contribution in [2.45, 2.75) is 38.3 Å². The molecule has 0 bridgehead atoms. The van der Waals surface area contributed by atoms with Crippen molar-refractivity contribution in [3.05, 3.63) is 22.4 Å². The minimum Gasteiger partial charge on any atom is -0.378 e. The van der Waals surface area contributed by atoms with Crippen LogP contribution in [0.3, 0.4) is 0 Å². The molecular formula is C12H19NOS. The zero-order valence-electron chi connectivity index (χ0n) is 9.24. The van der Waals surface area contributed by atoms with E-state index in [1.807, 2.05) is 0 Å². The molecule has 0 aliphatic carbocycles. The average molecular weight is 225 g/mol. The highest BCUT2D eigenvalue weighted by Crippen LogP contribution is 2.26. The Morgan fingerprint density at radius 2 is 2.60 bits per heavy atom. The standard InChI is InChI=1S/C12H19NOS/c1-2-13-12(10-5-7-15-9-10)8-11-4-3-6-14-11/h5,7,9,11-13H,2-4,6,8H2,1H3. The molecule has 0 saturated carbocycles. The molecule has 1 fully saturated rings. The third kappa shape index (κ3) is 3.03. The van der Waals surface area contributed by atoms with Gasteiger partial charge in [0.2, 0.25) is 0 Å². The summed E-state index contributed by atoms with van der Waals surface area (Å²) < 4.78 is 5.69. The molecule has 84 valence electrons. The second-order valence-corrected chi connectivity index (χ2v) is 4.82. The third-order valence-electron chi connectivity index (χ3n) is 2.92. The molecular weight excluding hydrogens is 206 g/mol. The Morgan fingerprint density at radius 1 is 1.67 bits per heavy atom. The van der Waals surface area contributed by atoms with E-state index in [0.29, 0.717) is 12.1 Å². The smallest absolute Gasteiger partial charge is 0.0594 e. The van der Waals surface area contributed by atoms with E-state index in [4.69, 9.17) is 4.74 Å². The number of rotatable bonds is 5. The largest absolute Gasteiger partial charge is 0.378 e. The Kier molecular flexibility index (Phi) is 4.18. The van der Waals surface area contributed by atoms with Crippen LogP contribution < -0.4 is 5.32 Å². The van der Waals surface area contributed by atoms with Crippen molar-refractivity contribution in [2.75, 3.05) is 13.2 Å². The molecule has 2 unspecified atom stereocenters. The second-order valence-electron chi connectivity index (χ2n) is 4.04. The monoisotopic (exact) mass is 225 g/mol. The van der Waals surface area contributed by atoms with Gasteiger partial charge in [-0.1, -0.05) is 6.92 Å². The van der Waals surface area contributed by atoms with Gasteiger partial charge in [-0.3, -0.25) is 0 Å². The van der Waals surface area contributed by atoms with E-state index < -0.39 is 0 Å². The summed E-state index contributed by atoms with van der Waals surface area (Å²) in [5.74, 6) is 0. The fourth-order valence-electron chi connectivity index (χ4n) is 2.15. The van der Waals surface area contributed by atoms with E-state index in [2.05, 4.69) is 29.1 Å². The normalized spacial score (nSPS) is 23.1. The number of hydrogen-bond donors (Lipinski definition) is 1. The van der Waals surface area contributed by atoms with E-state index in [1.54, 1.807) is 11.3 Å². The van der Waals surface area contributed by atoms with Gasteiger partial charge in [0.25, 0.3) is 0 Å². The molecule has 0 aromatic carbocycles. The van der Waals surface area contributed by atoms with Gasteiger partial charge >= 0.3 is 0 Å². The fourth-order valence-corrected chi connectivity index (χ4v) is 2.86. The molecule has 1 saturated heterocycles. The first-order chi connectivity index (χ1) is 7.40. The summed E-state index contributed by atoms with van der Waals surface area (Å²) in [5, 5.41) is 7.92. The molecule has 1 aliphatic heterocycles. The van der Waals surface area contributed by atoms with Crippen molar-refractivity contribution in [1.29, 1.82) is 0 Å². The van der Waals surface area contributed by atoms with Crippen molar-refractivity contribution in [2.24, 2.45) is 0 Å². The van der Waals surface area contributed by atoms with E-state index in [0.717, 1.165) is 19.6 Å². The number of thiophene rings is 1. The highest BCUT2D eigenvalue weighted by molar-refractivity contribution is 7.07. The first kappa shape index (κ1) is 11.1. The van der Waals surface area contributed by atoms with Crippen LogP contribution in [-0.4, -0.2) is 19.3 Å². The lowest BCUT2D eigenvalue weighted by atomic mass is 10.0. The van der Waals surface area contributed by atoms with Gasteiger partial charge in [0.05, 0.1) is 6.10 Å². The Balaban J connectivity index is 1.93. The zero-order valence-corrected chi connectivity index (χ0v) is 10.1. The molecule has 0 spiro atoms. The maximum atomic E-state index is 5.69. The molecule has 0 radical (unpaired) electrons. The van der Waals surface area contributed by atoms with Crippen LogP contribution >= 0.6 is 11.3 Å². The van der Waals surface area contributed by atoms with Gasteiger partial charge in [-0.2, -0.15) is 11.3 Å². The zero-order chi connectivity index (χ0) is 10.5. The van der Waals surface area contributed by atoms with Gasteiger partial charge < -0.3 is 10.1 Å². The first-order valence-electron chi connectivity index (χ1n) is 5.77. The van der Waals surface area contributed by atoms with E-state index in [1.165, 1.54) is 18.4 Å². The van der Waals surface area contributed by atoms with Gasteiger partial charge in [0.15, 0.2) is 0 Å². The van der Waals surface area contributed by atoms with Crippen molar-refractivity contribution < 1.29 is 4.74 Å². The summed E-state index contributed by atoms with van der Waals surface area (Å²) in [4.78, 5) is 0. The molecule has 1 aromatic rings. The van der Waals surface area contributed by atoms with Gasteiger partial charge in [-0.15, -0.1) is 0 Å². The number of ether oxygens (including phenoxy) is 1. The van der Waals surface area contributed by atoms with Crippen LogP contribution in [0.15, 0.2) is 16.8 Å². The van der Waals surface area contributed by atoms with Gasteiger partial charge in [0, 0.05) is 12.6 Å². The average Bonchev–Trinajstić information content (AvgIpc) is 2.89. The Labute approximate surface area is 95.6 Å². The van der Waals surface area contributed by atoms with Crippen LogP contribution in [0.1, 0.15) is 37.8 Å². The molecule has 1 aliphatic rings. The van der Waals surface area contributed by atoms with Crippen LogP contribution in [0.5, 0.6) is 0 Å². The predicted molar refractivity (Wildman–Crippen MR) is 64.3 cm³/mol. The van der Waals surface area contributed by atoms with E-state index in [9.17, 15) is 0 Å². The van der Waals surface area contributed by atoms with Gasteiger partial charge in [0.1, 0.15) is 0 Å². The summed E-state index contributed by atoms with van der Waals surface area (Å²) in [6.45, 7) is 4.13. The second kappa shape index (κ2) is 5.64. The first-order valence-corrected chi connectivity index (χ1v) is 6.71. The Hall–Kier alpha value is -0.380. The highest BCUT2D eigenvalue weighted by Gasteiger charge is 2.21. The number of hydrogen-bond acceptors (Lipinski definition) is 3. The van der Waals surface area contributed by atoms with Crippen molar-refractivity contribution in [1.82, 2.24) is 5.32 Å². The molecule has 2 nitrogen and oxygen atoms in total. The van der Waals surface area contributed by atoms with Gasteiger partial charge in [-0.05, 0) is 48.2 Å². The van der Waals surface area contributed by atoms with Crippen LogP contribution in [-0.2, 0) is 4.74 Å². The summed E-state index contributed by atoms with van der Waals surface area (Å²) in [6.07, 6.45) is 4.04. The Bertz CT molecular complexity index is 267. The van der Waals surface area contributed by atoms with E-state index >= 15 is 0 Å². The SMILES string of the molecule is CCNC(CC1CCCO1)c1ccsc1. The minimum atomic E-state index is 0.467. The fraction of sp³-hybridized carbons (Fsp3) is 0.667. The molecule has 2 atom stereocenters. The van der Waals surface area contributed by atoms with Crippen molar-refractivity contribution in [3.63, 3.8) is 0 Å². The summed E-state index contributed by atoms with van der Waals surface area (Å²) >= 11 is 1.77. The molecule has 1 N–H and O–H groups in total. The molecule has 2 heterocycles. The van der Waals surface area contributed by atoms with Crippen LogP contribution in [0.2, 0.25) is 0 Å². The summed E-state index contributed by atoms with van der Waals surface area (Å²) in [7, 11) is 0. The molecule has 1 aromatic heterocycles. The van der Waals surface area contributed by atoms with Crippen molar-refractivity contribution in [3.8, 4) is 0 Å². The molecule has 0 amide bonds. The van der Waals surface area contributed by atoms with Crippen LogP contribution in [0.4, 0.5) is 0 Å². The quantitative estimate of drug-likeness (QED) is 0.832.